The molecule has 8 aliphatic rings. The summed E-state index contributed by atoms with van der Waals surface area (Å²) in [5.41, 5.74) is 6.39. The second kappa shape index (κ2) is 10.8. The van der Waals surface area contributed by atoms with Gasteiger partial charge in [0, 0.05) is 11.8 Å². The van der Waals surface area contributed by atoms with Crippen LogP contribution >= 0.6 is 0 Å². The second-order valence-corrected chi connectivity index (χ2v) is 17.2. The minimum atomic E-state index is -0.00782. The summed E-state index contributed by atoms with van der Waals surface area (Å²) in [5, 5.41) is 10.00. The van der Waals surface area contributed by atoms with Gasteiger partial charge in [0.25, 0.3) is 0 Å². The van der Waals surface area contributed by atoms with Gasteiger partial charge in [-0.2, -0.15) is 0 Å². The van der Waals surface area contributed by atoms with E-state index in [9.17, 15) is 9.90 Å². The van der Waals surface area contributed by atoms with Crippen LogP contribution in [0.1, 0.15) is 121 Å². The first-order valence-electron chi connectivity index (χ1n) is 18.0. The Morgan fingerprint density at radius 2 is 1.32 bits per heavy atom. The Bertz CT molecular complexity index is 1380. The molecule has 2 unspecified atom stereocenters. The van der Waals surface area contributed by atoms with Gasteiger partial charge in [0.05, 0.1) is 6.61 Å². The fourth-order valence-electron chi connectivity index (χ4n) is 12.7. The minimum absolute atomic E-state index is 0.00782. The molecule has 0 saturated heterocycles. The van der Waals surface area contributed by atoms with Crippen molar-refractivity contribution in [3.63, 3.8) is 0 Å². The Kier molecular flexibility index (Phi) is 7.07. The maximum Gasteiger partial charge on any atom is 0.139 e. The molecule has 0 amide bonds. The first-order chi connectivity index (χ1) is 21.2. The third-order valence-corrected chi connectivity index (χ3v) is 13.1. The molecule has 1 N–H and O–H groups in total. The molecule has 2 aromatic rings. The SMILES string of the molecule is CC12CC3CC(C)(C1)CC(C(=O)CCCCCOc1ccc(C(=C4C5CC6CC(C5)CC4C6)c4ccc(O)cc4)cc1)(C3)C2. The van der Waals surface area contributed by atoms with Crippen molar-refractivity contribution in [3.05, 3.63) is 65.2 Å². The molecule has 3 nitrogen and oxygen atoms in total. The predicted molar refractivity (Wildman–Crippen MR) is 176 cm³/mol. The van der Waals surface area contributed by atoms with Crippen LogP contribution in [-0.2, 0) is 4.79 Å². The van der Waals surface area contributed by atoms with E-state index in [2.05, 4.69) is 50.2 Å². The van der Waals surface area contributed by atoms with E-state index in [4.69, 9.17) is 4.74 Å². The van der Waals surface area contributed by atoms with Crippen LogP contribution in [0, 0.1) is 45.8 Å². The molecule has 234 valence electrons. The highest BCUT2D eigenvalue weighted by molar-refractivity contribution is 5.85. The second-order valence-electron chi connectivity index (χ2n) is 17.2. The maximum absolute atomic E-state index is 13.6. The zero-order chi connectivity index (χ0) is 30.1. The van der Waals surface area contributed by atoms with E-state index in [1.807, 2.05) is 12.1 Å². The maximum atomic E-state index is 13.6. The largest absolute Gasteiger partial charge is 0.508 e. The zero-order valence-electron chi connectivity index (χ0n) is 27.1. The quantitative estimate of drug-likeness (QED) is 0.279. The number of aromatic hydroxyl groups is 1. The van der Waals surface area contributed by atoms with Gasteiger partial charge in [-0.05, 0) is 171 Å². The summed E-state index contributed by atoms with van der Waals surface area (Å²) in [6.45, 7) is 5.64. The lowest BCUT2D eigenvalue weighted by Gasteiger charge is -2.64. The van der Waals surface area contributed by atoms with Crippen molar-refractivity contribution in [2.45, 2.75) is 110 Å². The highest BCUT2D eigenvalue weighted by Crippen LogP contribution is 2.70. The number of carbonyl (C=O) groups excluding carboxylic acids is 1. The van der Waals surface area contributed by atoms with E-state index < -0.39 is 0 Å². The summed E-state index contributed by atoms with van der Waals surface area (Å²) in [4.78, 5) is 13.6. The topological polar surface area (TPSA) is 46.5 Å². The Morgan fingerprint density at radius 3 is 1.91 bits per heavy atom. The molecule has 2 aromatic carbocycles. The number of ether oxygens (including phenoxy) is 1. The molecule has 10 rings (SSSR count). The number of carbonyl (C=O) groups is 1. The normalized spacial score (nSPS) is 37.9. The predicted octanol–water partition coefficient (Wildman–Crippen LogP) is 10.2. The molecule has 0 aromatic heterocycles. The van der Waals surface area contributed by atoms with Gasteiger partial charge in [0.15, 0.2) is 0 Å². The number of benzene rings is 2. The third kappa shape index (κ3) is 5.25. The van der Waals surface area contributed by atoms with Crippen molar-refractivity contribution >= 4 is 11.4 Å². The number of ketones is 1. The van der Waals surface area contributed by atoms with Gasteiger partial charge in [-0.3, -0.25) is 4.79 Å². The number of hydrogen-bond acceptors (Lipinski definition) is 3. The minimum Gasteiger partial charge on any atom is -0.508 e. The van der Waals surface area contributed by atoms with Crippen LogP contribution in [0.3, 0.4) is 0 Å². The first-order valence-corrected chi connectivity index (χ1v) is 18.0. The average molecular weight is 593 g/mol. The molecule has 0 spiro atoms. The molecule has 0 heterocycles. The van der Waals surface area contributed by atoms with Crippen molar-refractivity contribution < 1.29 is 14.6 Å². The molecular formula is C41H52O3. The lowest BCUT2D eigenvalue weighted by atomic mass is 9.39. The van der Waals surface area contributed by atoms with Gasteiger partial charge >= 0.3 is 0 Å². The van der Waals surface area contributed by atoms with E-state index in [0.717, 1.165) is 62.0 Å². The Balaban J connectivity index is 0.878. The third-order valence-electron chi connectivity index (χ3n) is 13.1. The van der Waals surface area contributed by atoms with Crippen molar-refractivity contribution in [3.8, 4) is 11.5 Å². The molecule has 8 saturated carbocycles. The van der Waals surface area contributed by atoms with E-state index in [0.29, 0.717) is 40.8 Å². The summed E-state index contributed by atoms with van der Waals surface area (Å²) >= 11 is 0. The van der Waals surface area contributed by atoms with Gasteiger partial charge in [-0.25, -0.2) is 0 Å². The van der Waals surface area contributed by atoms with Crippen LogP contribution < -0.4 is 4.74 Å². The summed E-state index contributed by atoms with van der Waals surface area (Å²) in [5.74, 6) is 5.91. The molecule has 3 heteroatoms. The lowest BCUT2D eigenvalue weighted by molar-refractivity contribution is -0.168. The van der Waals surface area contributed by atoms with Gasteiger partial charge in [-0.15, -0.1) is 0 Å². The Morgan fingerprint density at radius 1 is 0.727 bits per heavy atom. The van der Waals surface area contributed by atoms with Gasteiger partial charge < -0.3 is 9.84 Å². The van der Waals surface area contributed by atoms with E-state index in [1.54, 1.807) is 5.57 Å². The summed E-state index contributed by atoms with van der Waals surface area (Å²) in [7, 11) is 0. The average Bonchev–Trinajstić information content (AvgIpc) is 2.95. The fraction of sp³-hybridized carbons (Fsp3) is 0.634. The van der Waals surface area contributed by atoms with Gasteiger partial charge in [0.2, 0.25) is 0 Å². The molecule has 8 fully saturated rings. The van der Waals surface area contributed by atoms with E-state index >= 15 is 0 Å². The number of phenolic OH excluding ortho intramolecular Hbond substituents is 1. The number of hydrogen-bond donors (Lipinski definition) is 1. The zero-order valence-corrected chi connectivity index (χ0v) is 27.1. The van der Waals surface area contributed by atoms with Crippen molar-refractivity contribution in [2.75, 3.05) is 6.61 Å². The number of Topliss-reactive ketones (excluding diaryl/α,β-unsaturated/α-hetero) is 1. The monoisotopic (exact) mass is 592 g/mol. The number of rotatable bonds is 10. The molecule has 8 aliphatic carbocycles. The summed E-state index contributed by atoms with van der Waals surface area (Å²) in [6, 6.07) is 16.7. The molecule has 2 atom stereocenters. The Labute approximate surface area is 264 Å². The van der Waals surface area contributed by atoms with Crippen molar-refractivity contribution in [2.24, 2.45) is 45.8 Å². The van der Waals surface area contributed by atoms with Crippen LogP contribution in [0.2, 0.25) is 0 Å². The van der Waals surface area contributed by atoms with Crippen LogP contribution in [0.15, 0.2) is 54.1 Å². The smallest absolute Gasteiger partial charge is 0.139 e. The van der Waals surface area contributed by atoms with Crippen LogP contribution in [-0.4, -0.2) is 17.5 Å². The fourth-order valence-corrected chi connectivity index (χ4v) is 12.7. The van der Waals surface area contributed by atoms with Gasteiger partial charge in [0.1, 0.15) is 17.3 Å². The lowest BCUT2D eigenvalue weighted by Crippen LogP contribution is -2.57. The van der Waals surface area contributed by atoms with Crippen molar-refractivity contribution in [1.82, 2.24) is 0 Å². The number of phenols is 1. The highest BCUT2D eigenvalue weighted by atomic mass is 16.5. The summed E-state index contributed by atoms with van der Waals surface area (Å²) < 4.78 is 6.20. The number of unbranched alkanes of at least 4 members (excludes halogenated alkanes) is 2. The van der Waals surface area contributed by atoms with E-state index in [-0.39, 0.29) is 5.41 Å². The molecular weight excluding hydrogens is 540 g/mol. The Hall–Kier alpha value is -2.55. The summed E-state index contributed by atoms with van der Waals surface area (Å²) in [6.07, 6.45) is 18.2. The van der Waals surface area contributed by atoms with E-state index in [1.165, 1.54) is 74.5 Å². The van der Waals surface area contributed by atoms with Crippen molar-refractivity contribution in [1.29, 1.82) is 0 Å². The first kappa shape index (κ1) is 28.9. The van der Waals surface area contributed by atoms with Crippen LogP contribution in [0.4, 0.5) is 0 Å². The van der Waals surface area contributed by atoms with Gasteiger partial charge in [-0.1, -0.05) is 43.7 Å². The van der Waals surface area contributed by atoms with Crippen LogP contribution in [0.25, 0.3) is 5.57 Å². The standard InChI is InChI=1S/C41H52O3/c1-39-21-29-22-40(2,24-39)26-41(23-29,25-39)36(43)6-4-3-5-15-44-35-13-9-31(10-14-35)37(30-7-11-34(42)12-8-30)38-32-17-27-16-28(19-32)20-33(38)18-27/h7-14,27-29,32-33,42H,3-6,15-26H2,1-2H3. The molecule has 0 radical (unpaired) electrons. The highest BCUT2D eigenvalue weighted by Gasteiger charge is 2.62. The molecule has 0 aliphatic heterocycles. The number of allylic oxidation sites excluding steroid dienone is 1. The molecule has 8 bridgehead atoms. The molecule has 44 heavy (non-hydrogen) atoms. The van der Waals surface area contributed by atoms with Crippen LogP contribution in [0.5, 0.6) is 11.5 Å².